The first kappa shape index (κ1) is 32.5. The molecule has 0 aliphatic carbocycles. The number of benzene rings is 2. The number of aliphatic hydroxyl groups is 1. The van der Waals surface area contributed by atoms with Crippen LogP contribution in [0.2, 0.25) is 0 Å². The van der Waals surface area contributed by atoms with Crippen molar-refractivity contribution in [2.75, 3.05) is 24.6 Å². The number of carbonyl (C=O) groups is 3. The van der Waals surface area contributed by atoms with Crippen LogP contribution in [0.5, 0.6) is 0 Å². The monoisotopic (exact) mass is 679 g/mol. The molecule has 3 amide bonds. The second-order valence-corrected chi connectivity index (χ2v) is 15.2. The van der Waals surface area contributed by atoms with Crippen molar-refractivity contribution in [3.8, 4) is 0 Å². The molecule has 1 N–H and O–H groups in total. The van der Waals surface area contributed by atoms with E-state index in [2.05, 4.69) is 29.1 Å². The van der Waals surface area contributed by atoms with E-state index in [0.717, 1.165) is 11.3 Å². The number of hydrogen-bond donors (Lipinski definition) is 1. The van der Waals surface area contributed by atoms with E-state index in [0.29, 0.717) is 32.5 Å². The largest absolute Gasteiger partial charge is 0.394 e. The number of carbonyl (C=O) groups excluding carboxylic acids is 3. The molecular weight excluding hydrogens is 638 g/mol. The van der Waals surface area contributed by atoms with Crippen LogP contribution in [0.25, 0.3) is 0 Å². The topological polar surface area (TPSA) is 81.2 Å². The Kier molecular flexibility index (Phi) is 10.1. The number of aliphatic hydroxyl groups excluding tert-OH is 1. The number of para-hydroxylation sites is 1. The summed E-state index contributed by atoms with van der Waals surface area (Å²) in [6.45, 7) is 12.6. The van der Waals surface area contributed by atoms with Gasteiger partial charge in [0.1, 0.15) is 6.04 Å². The van der Waals surface area contributed by atoms with Crippen LogP contribution in [-0.2, 0) is 20.9 Å². The summed E-state index contributed by atoms with van der Waals surface area (Å²) < 4.78 is -0.815. The number of amides is 3. The summed E-state index contributed by atoms with van der Waals surface area (Å²) in [5.41, 5.74) is 1.72. The zero-order valence-corrected chi connectivity index (χ0v) is 27.8. The SMILES string of the molecule is C=CCN(Cc1ccccc1)C(=O)C1N([C@@H](CO)CC(C)C)C(=O)[C@@H]2[C@@H](C(=O)N(CC=C)c3ccccc3)[C@@H]3SC12CC3Br. The molecule has 7 atom stereocenters. The number of anilines is 1. The standard InChI is InChI=1S/C35H42BrN3O4S/c1-5-17-37(21-24-13-9-7-10-14-24)34(43)31-35-20-27(36)30(44-35)28(29(35)33(42)39(31)26(22-40)19-23(3)4)32(41)38(18-6-2)25-15-11-8-12-16-25/h5-16,23,26-31,40H,1-2,17-22H2,3-4H3/t26-,27?,28-,29+,30-,31?,35?/m1/s1. The van der Waals surface area contributed by atoms with Gasteiger partial charge in [0.15, 0.2) is 0 Å². The number of fused-ring (bicyclic) bond motifs is 1. The molecule has 3 fully saturated rings. The summed E-state index contributed by atoms with van der Waals surface area (Å²) in [6.07, 6.45) is 4.53. The van der Waals surface area contributed by atoms with E-state index in [4.69, 9.17) is 0 Å². The van der Waals surface area contributed by atoms with E-state index >= 15 is 0 Å². The van der Waals surface area contributed by atoms with E-state index < -0.39 is 28.7 Å². The van der Waals surface area contributed by atoms with Crippen molar-refractivity contribution >= 4 is 51.1 Å². The molecule has 1 spiro atoms. The number of nitrogens with zero attached hydrogens (tertiary/aromatic N) is 3. The Morgan fingerprint density at radius 2 is 1.70 bits per heavy atom. The van der Waals surface area contributed by atoms with Gasteiger partial charge in [-0.05, 0) is 36.5 Å². The Balaban J connectivity index is 1.60. The predicted molar refractivity (Wildman–Crippen MR) is 180 cm³/mol. The van der Waals surface area contributed by atoms with Crippen LogP contribution in [-0.4, -0.2) is 79.2 Å². The van der Waals surface area contributed by atoms with Crippen molar-refractivity contribution in [2.45, 2.75) is 60.1 Å². The third-order valence-corrected chi connectivity index (χ3v) is 12.3. The van der Waals surface area contributed by atoms with Crippen LogP contribution in [0.3, 0.4) is 0 Å². The van der Waals surface area contributed by atoms with Crippen LogP contribution < -0.4 is 4.90 Å². The third kappa shape index (κ3) is 5.79. The molecule has 2 bridgehead atoms. The highest BCUT2D eigenvalue weighted by molar-refractivity contribution is 9.09. The molecule has 5 rings (SSSR count). The van der Waals surface area contributed by atoms with Gasteiger partial charge in [0, 0.05) is 35.4 Å². The van der Waals surface area contributed by atoms with E-state index in [1.165, 1.54) is 0 Å². The lowest BCUT2D eigenvalue weighted by atomic mass is 9.70. The molecule has 44 heavy (non-hydrogen) atoms. The second-order valence-electron chi connectivity index (χ2n) is 12.4. The van der Waals surface area contributed by atoms with Crippen LogP contribution in [0.1, 0.15) is 32.3 Å². The summed E-state index contributed by atoms with van der Waals surface area (Å²) in [5.74, 6) is -1.64. The average Bonchev–Trinajstić information content (AvgIpc) is 3.62. The molecule has 2 aromatic rings. The highest BCUT2D eigenvalue weighted by Crippen LogP contribution is 2.68. The Morgan fingerprint density at radius 3 is 2.30 bits per heavy atom. The van der Waals surface area contributed by atoms with Gasteiger partial charge in [0.25, 0.3) is 0 Å². The number of rotatable bonds is 13. The number of hydrogen-bond acceptors (Lipinski definition) is 5. The molecule has 3 aliphatic rings. The minimum absolute atomic E-state index is 0.0539. The molecule has 2 aromatic carbocycles. The van der Waals surface area contributed by atoms with Gasteiger partial charge >= 0.3 is 0 Å². The molecule has 0 aromatic heterocycles. The van der Waals surface area contributed by atoms with Crippen molar-refractivity contribution in [1.29, 1.82) is 0 Å². The van der Waals surface area contributed by atoms with E-state index in [1.807, 2.05) is 74.5 Å². The fourth-order valence-electron chi connectivity index (χ4n) is 7.45. The van der Waals surface area contributed by atoms with E-state index in [-0.39, 0.29) is 40.3 Å². The van der Waals surface area contributed by atoms with Gasteiger partial charge < -0.3 is 19.8 Å². The number of alkyl halides is 1. The molecule has 3 aliphatic heterocycles. The van der Waals surface area contributed by atoms with Crippen LogP contribution >= 0.6 is 27.7 Å². The summed E-state index contributed by atoms with van der Waals surface area (Å²) in [6, 6.07) is 17.9. The predicted octanol–water partition coefficient (Wildman–Crippen LogP) is 5.29. The molecule has 3 heterocycles. The first-order chi connectivity index (χ1) is 21.2. The van der Waals surface area contributed by atoms with Crippen LogP contribution in [0, 0.1) is 17.8 Å². The number of thioether (sulfide) groups is 1. The fraction of sp³-hybridized carbons (Fsp3) is 0.457. The van der Waals surface area contributed by atoms with Gasteiger partial charge in [-0.15, -0.1) is 24.9 Å². The molecule has 9 heteroatoms. The molecule has 3 saturated heterocycles. The van der Waals surface area contributed by atoms with Crippen LogP contribution in [0.15, 0.2) is 86.0 Å². The molecule has 3 unspecified atom stereocenters. The van der Waals surface area contributed by atoms with E-state index in [9.17, 15) is 19.5 Å². The average molecular weight is 681 g/mol. The molecule has 234 valence electrons. The lowest BCUT2D eigenvalue weighted by molar-refractivity contribution is -0.146. The van der Waals surface area contributed by atoms with Crippen molar-refractivity contribution in [3.05, 3.63) is 91.5 Å². The maximum atomic E-state index is 14.8. The first-order valence-electron chi connectivity index (χ1n) is 15.3. The second kappa shape index (κ2) is 13.6. The van der Waals surface area contributed by atoms with Gasteiger partial charge in [0.05, 0.1) is 29.2 Å². The van der Waals surface area contributed by atoms with Crippen molar-refractivity contribution in [3.63, 3.8) is 0 Å². The third-order valence-electron chi connectivity index (χ3n) is 9.12. The molecule has 7 nitrogen and oxygen atoms in total. The summed E-state index contributed by atoms with van der Waals surface area (Å²) in [4.78, 5) is 49.2. The maximum absolute atomic E-state index is 14.8. The number of halogens is 1. The minimum Gasteiger partial charge on any atom is -0.394 e. The zero-order chi connectivity index (χ0) is 31.6. The highest BCUT2D eigenvalue weighted by Gasteiger charge is 2.76. The van der Waals surface area contributed by atoms with Crippen molar-refractivity contribution in [2.24, 2.45) is 17.8 Å². The van der Waals surface area contributed by atoms with Crippen molar-refractivity contribution in [1.82, 2.24) is 9.80 Å². The normalized spacial score (nSPS) is 27.7. The Hall–Kier alpha value is -2.88. The highest BCUT2D eigenvalue weighted by atomic mass is 79.9. The van der Waals surface area contributed by atoms with Crippen LogP contribution in [0.4, 0.5) is 5.69 Å². The first-order valence-corrected chi connectivity index (χ1v) is 17.1. The summed E-state index contributed by atoms with van der Waals surface area (Å²) in [5, 5.41) is 10.5. The molecule has 0 saturated carbocycles. The van der Waals surface area contributed by atoms with Crippen molar-refractivity contribution < 1.29 is 19.5 Å². The van der Waals surface area contributed by atoms with Gasteiger partial charge in [-0.3, -0.25) is 14.4 Å². The zero-order valence-electron chi connectivity index (χ0n) is 25.4. The fourth-order valence-corrected chi connectivity index (χ4v) is 11.0. The molecule has 0 radical (unpaired) electrons. The van der Waals surface area contributed by atoms with E-state index in [1.54, 1.807) is 38.6 Å². The smallest absolute Gasteiger partial charge is 0.247 e. The Morgan fingerprint density at radius 1 is 1.07 bits per heavy atom. The van der Waals surface area contributed by atoms with Gasteiger partial charge in [-0.25, -0.2) is 0 Å². The summed E-state index contributed by atoms with van der Waals surface area (Å²) in [7, 11) is 0. The quantitative estimate of drug-likeness (QED) is 0.230. The Labute approximate surface area is 273 Å². The minimum atomic E-state index is -0.822. The lowest BCUT2D eigenvalue weighted by Crippen LogP contribution is -2.58. The Bertz CT molecular complexity index is 1370. The summed E-state index contributed by atoms with van der Waals surface area (Å²) >= 11 is 5.50. The van der Waals surface area contributed by atoms with Gasteiger partial charge in [-0.2, -0.15) is 0 Å². The van der Waals surface area contributed by atoms with Gasteiger partial charge in [-0.1, -0.05) is 90.5 Å². The number of likely N-dealkylation sites (tertiary alicyclic amines) is 1. The molecular formula is C35H42BrN3O4S. The van der Waals surface area contributed by atoms with Gasteiger partial charge in [0.2, 0.25) is 17.7 Å². The maximum Gasteiger partial charge on any atom is 0.247 e. The lowest BCUT2D eigenvalue weighted by Gasteiger charge is -2.40.